The summed E-state index contributed by atoms with van der Waals surface area (Å²) in [6.45, 7) is 0.631. The van der Waals surface area contributed by atoms with Crippen molar-refractivity contribution in [2.45, 2.75) is 19.6 Å². The molecule has 168 valence electrons. The third-order valence-corrected chi connectivity index (χ3v) is 5.54. The van der Waals surface area contributed by atoms with Gasteiger partial charge in [0, 0.05) is 6.54 Å². The minimum absolute atomic E-state index is 0.0773. The molecule has 33 heavy (non-hydrogen) atoms. The van der Waals surface area contributed by atoms with Crippen molar-refractivity contribution < 1.29 is 14.3 Å². The molecular formula is C25H23ClN4O3. The van der Waals surface area contributed by atoms with Gasteiger partial charge in [-0.3, -0.25) is 9.59 Å². The highest BCUT2D eigenvalue weighted by Gasteiger charge is 2.16. The number of hydrogen-bond donors (Lipinski definition) is 2. The summed E-state index contributed by atoms with van der Waals surface area (Å²) in [5, 5.41) is 6.16. The molecule has 4 aromatic rings. The molecule has 1 aromatic heterocycles. The maximum absolute atomic E-state index is 12.7. The quantitative estimate of drug-likeness (QED) is 0.415. The molecule has 0 spiro atoms. The molecule has 4 rings (SSSR count). The van der Waals surface area contributed by atoms with E-state index in [0.29, 0.717) is 23.0 Å². The van der Waals surface area contributed by atoms with Crippen LogP contribution in [0.3, 0.4) is 0 Å². The van der Waals surface area contributed by atoms with Gasteiger partial charge in [-0.1, -0.05) is 48.0 Å². The summed E-state index contributed by atoms with van der Waals surface area (Å²) in [5.41, 5.74) is 2.92. The van der Waals surface area contributed by atoms with E-state index in [1.165, 1.54) is 0 Å². The fraction of sp³-hybridized carbons (Fsp3) is 0.160. The lowest BCUT2D eigenvalue weighted by Gasteiger charge is -2.11. The Kier molecular flexibility index (Phi) is 6.90. The number of amides is 2. The van der Waals surface area contributed by atoms with Crippen LogP contribution in [0.5, 0.6) is 5.75 Å². The second kappa shape index (κ2) is 10.2. The summed E-state index contributed by atoms with van der Waals surface area (Å²) >= 11 is 6.13. The molecule has 0 aliphatic heterocycles. The van der Waals surface area contributed by atoms with Gasteiger partial charge in [0.15, 0.2) is 0 Å². The van der Waals surface area contributed by atoms with E-state index >= 15 is 0 Å². The summed E-state index contributed by atoms with van der Waals surface area (Å²) in [7, 11) is 1.61. The molecule has 0 fully saturated rings. The standard InChI is InChI=1S/C25H23ClN4O3/c1-33-18-12-10-17(11-13-18)14-27-24(31)16-30-22-9-5-4-8-21(22)29-23(30)15-28-25(32)19-6-2-3-7-20(19)26/h2-13H,14-16H2,1H3,(H,27,31)(H,28,32). The predicted molar refractivity (Wildman–Crippen MR) is 127 cm³/mol. The maximum Gasteiger partial charge on any atom is 0.253 e. The van der Waals surface area contributed by atoms with E-state index in [0.717, 1.165) is 22.3 Å². The number of nitrogens with one attached hydrogen (secondary N) is 2. The molecule has 0 atom stereocenters. The van der Waals surface area contributed by atoms with Crippen molar-refractivity contribution in [2.24, 2.45) is 0 Å². The van der Waals surface area contributed by atoms with E-state index in [4.69, 9.17) is 16.3 Å². The van der Waals surface area contributed by atoms with Gasteiger partial charge in [0.25, 0.3) is 5.91 Å². The molecule has 1 heterocycles. The number of fused-ring (bicyclic) bond motifs is 1. The van der Waals surface area contributed by atoms with Crippen LogP contribution in [0, 0.1) is 0 Å². The highest BCUT2D eigenvalue weighted by molar-refractivity contribution is 6.33. The lowest BCUT2D eigenvalue weighted by Crippen LogP contribution is -2.29. The highest BCUT2D eigenvalue weighted by Crippen LogP contribution is 2.18. The van der Waals surface area contributed by atoms with Crippen LogP contribution in [0.25, 0.3) is 11.0 Å². The van der Waals surface area contributed by atoms with Crippen molar-refractivity contribution in [1.82, 2.24) is 20.2 Å². The van der Waals surface area contributed by atoms with Gasteiger partial charge in [0.05, 0.1) is 35.3 Å². The van der Waals surface area contributed by atoms with Crippen LogP contribution >= 0.6 is 11.6 Å². The number of carbonyl (C=O) groups excluding carboxylic acids is 2. The molecule has 8 heteroatoms. The third-order valence-electron chi connectivity index (χ3n) is 5.21. The fourth-order valence-electron chi connectivity index (χ4n) is 3.48. The van der Waals surface area contributed by atoms with E-state index < -0.39 is 0 Å². The lowest BCUT2D eigenvalue weighted by molar-refractivity contribution is -0.121. The Bertz CT molecular complexity index is 1280. The molecule has 7 nitrogen and oxygen atoms in total. The topological polar surface area (TPSA) is 85.2 Å². The first-order valence-electron chi connectivity index (χ1n) is 10.4. The monoisotopic (exact) mass is 462 g/mol. The Labute approximate surface area is 196 Å². The van der Waals surface area contributed by atoms with E-state index in [1.807, 2.05) is 53.1 Å². The molecular weight excluding hydrogens is 440 g/mol. The number of ether oxygens (including phenoxy) is 1. The second-order valence-electron chi connectivity index (χ2n) is 7.39. The second-order valence-corrected chi connectivity index (χ2v) is 7.80. The van der Waals surface area contributed by atoms with Gasteiger partial charge in [0.2, 0.25) is 5.91 Å². The third kappa shape index (κ3) is 5.32. The lowest BCUT2D eigenvalue weighted by atomic mass is 10.2. The Morgan fingerprint density at radius 1 is 0.939 bits per heavy atom. The van der Waals surface area contributed by atoms with Crippen molar-refractivity contribution in [2.75, 3.05) is 7.11 Å². The van der Waals surface area contributed by atoms with Gasteiger partial charge < -0.3 is 19.9 Å². The number of carbonyl (C=O) groups is 2. The van der Waals surface area contributed by atoms with Crippen molar-refractivity contribution >= 4 is 34.4 Å². The molecule has 0 saturated carbocycles. The Balaban J connectivity index is 1.47. The minimum Gasteiger partial charge on any atom is -0.497 e. The van der Waals surface area contributed by atoms with E-state index in [2.05, 4.69) is 15.6 Å². The maximum atomic E-state index is 12.7. The molecule has 0 saturated heterocycles. The fourth-order valence-corrected chi connectivity index (χ4v) is 3.70. The van der Waals surface area contributed by atoms with Gasteiger partial charge in [-0.2, -0.15) is 0 Å². The number of rotatable bonds is 8. The van der Waals surface area contributed by atoms with E-state index in [1.54, 1.807) is 31.4 Å². The molecule has 3 aromatic carbocycles. The summed E-state index contributed by atoms with van der Waals surface area (Å²) < 4.78 is 6.97. The average Bonchev–Trinajstić information content (AvgIpc) is 3.19. The molecule has 0 bridgehead atoms. The minimum atomic E-state index is -0.303. The van der Waals surface area contributed by atoms with Gasteiger partial charge in [-0.15, -0.1) is 0 Å². The van der Waals surface area contributed by atoms with Crippen LogP contribution in [-0.4, -0.2) is 28.5 Å². The zero-order valence-electron chi connectivity index (χ0n) is 18.0. The van der Waals surface area contributed by atoms with Gasteiger partial charge >= 0.3 is 0 Å². The predicted octanol–water partition coefficient (Wildman–Crippen LogP) is 3.94. The van der Waals surface area contributed by atoms with Crippen molar-refractivity contribution in [1.29, 1.82) is 0 Å². The summed E-state index contributed by atoms with van der Waals surface area (Å²) in [6.07, 6.45) is 0. The number of para-hydroxylation sites is 2. The first-order chi connectivity index (χ1) is 16.0. The van der Waals surface area contributed by atoms with Crippen molar-refractivity contribution in [3.63, 3.8) is 0 Å². The Hall–Kier alpha value is -3.84. The van der Waals surface area contributed by atoms with Crippen LogP contribution < -0.4 is 15.4 Å². The average molecular weight is 463 g/mol. The van der Waals surface area contributed by atoms with Gasteiger partial charge in [-0.25, -0.2) is 4.98 Å². The van der Waals surface area contributed by atoms with Crippen LogP contribution in [0.15, 0.2) is 72.8 Å². The molecule has 2 N–H and O–H groups in total. The van der Waals surface area contributed by atoms with Gasteiger partial charge in [0.1, 0.15) is 18.1 Å². The number of hydrogen-bond acceptors (Lipinski definition) is 4. The first kappa shape index (κ1) is 22.4. The Morgan fingerprint density at radius 2 is 1.67 bits per heavy atom. The number of imidazole rings is 1. The zero-order chi connectivity index (χ0) is 23.2. The van der Waals surface area contributed by atoms with Crippen LogP contribution in [0.2, 0.25) is 5.02 Å². The number of halogens is 1. The normalized spacial score (nSPS) is 10.7. The number of benzene rings is 3. The molecule has 0 radical (unpaired) electrons. The molecule has 0 aliphatic rings. The molecule has 0 aliphatic carbocycles. The Morgan fingerprint density at radius 3 is 2.42 bits per heavy atom. The van der Waals surface area contributed by atoms with E-state index in [9.17, 15) is 9.59 Å². The summed E-state index contributed by atoms with van der Waals surface area (Å²) in [6, 6.07) is 21.9. The smallest absolute Gasteiger partial charge is 0.253 e. The summed E-state index contributed by atoms with van der Waals surface area (Å²) in [5.74, 6) is 0.880. The molecule has 2 amide bonds. The number of methoxy groups -OCH3 is 1. The number of aromatic nitrogens is 2. The van der Waals surface area contributed by atoms with Crippen LogP contribution in [-0.2, 0) is 24.4 Å². The number of nitrogens with zero attached hydrogens (tertiary/aromatic N) is 2. The zero-order valence-corrected chi connectivity index (χ0v) is 18.8. The molecule has 0 unspecified atom stereocenters. The summed E-state index contributed by atoms with van der Waals surface area (Å²) in [4.78, 5) is 29.9. The van der Waals surface area contributed by atoms with E-state index in [-0.39, 0.29) is 24.9 Å². The highest BCUT2D eigenvalue weighted by atomic mass is 35.5. The van der Waals surface area contributed by atoms with Crippen molar-refractivity contribution in [3.8, 4) is 5.75 Å². The first-order valence-corrected chi connectivity index (χ1v) is 10.8. The van der Waals surface area contributed by atoms with Crippen LogP contribution in [0.4, 0.5) is 0 Å². The SMILES string of the molecule is COc1ccc(CNC(=O)Cn2c(CNC(=O)c3ccccc3Cl)nc3ccccc32)cc1. The van der Waals surface area contributed by atoms with Crippen molar-refractivity contribution in [3.05, 3.63) is 94.8 Å². The largest absolute Gasteiger partial charge is 0.497 e. The van der Waals surface area contributed by atoms with Gasteiger partial charge in [-0.05, 0) is 42.0 Å². The van der Waals surface area contributed by atoms with Crippen LogP contribution in [0.1, 0.15) is 21.7 Å².